The second kappa shape index (κ2) is 11.5. The highest BCUT2D eigenvalue weighted by Crippen LogP contribution is 2.15. The lowest BCUT2D eigenvalue weighted by molar-refractivity contribution is 0.0694. The molecule has 5 rings (SSSR count). The van der Waals surface area contributed by atoms with Gasteiger partial charge in [-0.2, -0.15) is 4.98 Å². The minimum atomic E-state index is -1.21. The number of piperazine rings is 1. The zero-order valence-electron chi connectivity index (χ0n) is 22.4. The summed E-state index contributed by atoms with van der Waals surface area (Å²) in [6, 6.07) is 3.33. The highest BCUT2D eigenvalue weighted by Gasteiger charge is 2.18. The van der Waals surface area contributed by atoms with Crippen molar-refractivity contribution in [3.63, 3.8) is 0 Å². The number of carboxylic acid groups (broad SMARTS) is 1. The third-order valence-electron chi connectivity index (χ3n) is 6.55. The molecule has 12 heteroatoms. The van der Waals surface area contributed by atoms with Gasteiger partial charge >= 0.3 is 5.97 Å². The van der Waals surface area contributed by atoms with Gasteiger partial charge in [-0.1, -0.05) is 0 Å². The fourth-order valence-electron chi connectivity index (χ4n) is 4.43. The molecule has 2 N–H and O–H groups in total. The molecule has 4 aromatic heterocycles. The molecule has 5 heterocycles. The molecule has 0 aliphatic carbocycles. The van der Waals surface area contributed by atoms with Gasteiger partial charge in [-0.15, -0.1) is 0 Å². The fourth-order valence-corrected chi connectivity index (χ4v) is 4.43. The van der Waals surface area contributed by atoms with Crippen LogP contribution in [-0.4, -0.2) is 67.1 Å². The van der Waals surface area contributed by atoms with Crippen LogP contribution in [0.5, 0.6) is 0 Å². The Morgan fingerprint density at radius 1 is 0.923 bits per heavy atom. The van der Waals surface area contributed by atoms with Crippen LogP contribution >= 0.6 is 0 Å². The van der Waals surface area contributed by atoms with Crippen LogP contribution in [0.4, 0.5) is 5.95 Å². The number of rotatable bonds is 5. The van der Waals surface area contributed by atoms with Gasteiger partial charge in [-0.3, -0.25) is 14.4 Å². The van der Waals surface area contributed by atoms with Crippen LogP contribution in [0.15, 0.2) is 40.3 Å². The number of aromatic nitrogens is 5. The summed E-state index contributed by atoms with van der Waals surface area (Å²) in [7, 11) is 0. The number of carbonyl (C=O) groups is 2. The van der Waals surface area contributed by atoms with Crippen molar-refractivity contribution in [3.05, 3.63) is 68.0 Å². The molecule has 0 radical (unpaired) electrons. The van der Waals surface area contributed by atoms with Crippen LogP contribution < -0.4 is 21.1 Å². The number of fused-ring (bicyclic) bond motifs is 2. The predicted octanol–water partition coefficient (Wildman–Crippen LogP) is 1.85. The molecule has 0 atom stereocenters. The molecule has 12 nitrogen and oxygen atoms in total. The van der Waals surface area contributed by atoms with Crippen molar-refractivity contribution in [1.82, 2.24) is 29.4 Å². The van der Waals surface area contributed by atoms with Gasteiger partial charge in [0.1, 0.15) is 16.9 Å². The summed E-state index contributed by atoms with van der Waals surface area (Å²) in [5.74, 6) is -0.814. The predicted molar refractivity (Wildman–Crippen MR) is 148 cm³/mol. The Balaban J connectivity index is 0.000000187. The monoisotopic (exact) mass is 533 g/mol. The highest BCUT2D eigenvalue weighted by atomic mass is 16.4. The van der Waals surface area contributed by atoms with Crippen molar-refractivity contribution in [2.24, 2.45) is 0 Å². The Morgan fingerprint density at radius 2 is 1.51 bits per heavy atom. The maximum Gasteiger partial charge on any atom is 0.341 e. The second-order valence-corrected chi connectivity index (χ2v) is 9.15. The first kappa shape index (κ1) is 27.6. The van der Waals surface area contributed by atoms with Gasteiger partial charge in [0.05, 0.1) is 16.3 Å². The number of Topliss-reactive ketones (excluding diaryl/α,β-unsaturated/α-hetero) is 1. The number of carbonyl (C=O) groups excluding carboxylic acids is 1. The summed E-state index contributed by atoms with van der Waals surface area (Å²) in [6.07, 6.45) is 4.49. The van der Waals surface area contributed by atoms with Gasteiger partial charge < -0.3 is 24.5 Å². The fraction of sp³-hybridized carbons (Fsp3) is 0.370. The van der Waals surface area contributed by atoms with E-state index in [1.54, 1.807) is 29.1 Å². The maximum absolute atomic E-state index is 12.4. The number of aromatic carboxylic acids is 1. The normalized spacial score (nSPS) is 13.3. The molecule has 0 aromatic carbocycles. The number of anilines is 1. The van der Waals surface area contributed by atoms with Crippen LogP contribution in [0, 0.1) is 6.92 Å². The summed E-state index contributed by atoms with van der Waals surface area (Å²) in [5, 5.41) is 13.0. The number of hydrogen-bond donors (Lipinski definition) is 2. The Morgan fingerprint density at radius 3 is 2.10 bits per heavy atom. The van der Waals surface area contributed by atoms with E-state index in [0.717, 1.165) is 31.9 Å². The molecule has 0 saturated carbocycles. The SMILES string of the molecule is CCn1cc(C(=O)O)c(=O)c2ccc(C)nc21.CCn1cc(C(C)=O)c(=O)c2cnc(N3CCNCC3)nc21. The molecule has 0 unspecified atom stereocenters. The number of pyridine rings is 3. The molecule has 4 aromatic rings. The van der Waals surface area contributed by atoms with Gasteiger partial charge in [-0.25, -0.2) is 14.8 Å². The average molecular weight is 534 g/mol. The smallest absolute Gasteiger partial charge is 0.341 e. The van der Waals surface area contributed by atoms with Gasteiger partial charge in [0.25, 0.3) is 0 Å². The van der Waals surface area contributed by atoms with Gasteiger partial charge in [0.15, 0.2) is 5.78 Å². The molecule has 0 bridgehead atoms. The summed E-state index contributed by atoms with van der Waals surface area (Å²) < 4.78 is 3.51. The quantitative estimate of drug-likeness (QED) is 0.364. The summed E-state index contributed by atoms with van der Waals surface area (Å²) in [6.45, 7) is 11.7. The molecule has 39 heavy (non-hydrogen) atoms. The molecule has 1 aliphatic rings. The number of nitrogens with one attached hydrogen (secondary N) is 1. The number of ketones is 1. The van der Waals surface area contributed by atoms with Crippen LogP contribution in [0.2, 0.25) is 0 Å². The zero-order valence-corrected chi connectivity index (χ0v) is 22.4. The van der Waals surface area contributed by atoms with Crippen molar-refractivity contribution >= 4 is 39.8 Å². The summed E-state index contributed by atoms with van der Waals surface area (Å²) in [4.78, 5) is 62.2. The standard InChI is InChI=1S/C15H19N5O2.C12H12N2O3/c1-3-19-9-12(10(2)21)13(22)11-8-17-15(18-14(11)19)20-6-4-16-5-7-20;1-3-14-6-9(12(16)17)10(15)8-5-4-7(2)13-11(8)14/h8-9,16H,3-7H2,1-2H3;4-6H,3H2,1-2H3,(H,16,17). The topological polar surface area (TPSA) is 152 Å². The van der Waals surface area contributed by atoms with E-state index in [-0.39, 0.29) is 22.3 Å². The highest BCUT2D eigenvalue weighted by molar-refractivity contribution is 5.96. The van der Waals surface area contributed by atoms with E-state index in [0.29, 0.717) is 41.1 Å². The summed E-state index contributed by atoms with van der Waals surface area (Å²) in [5.41, 5.74) is 1.10. The van der Waals surface area contributed by atoms with Crippen LogP contribution in [0.3, 0.4) is 0 Å². The molecule has 0 spiro atoms. The third-order valence-corrected chi connectivity index (χ3v) is 6.55. The lowest BCUT2D eigenvalue weighted by Gasteiger charge is -2.27. The number of carboxylic acids is 1. The van der Waals surface area contributed by atoms with Gasteiger partial charge in [0, 0.05) is 63.6 Å². The van der Waals surface area contributed by atoms with Crippen LogP contribution in [0.25, 0.3) is 22.1 Å². The Hall–Kier alpha value is -4.45. The minimum absolute atomic E-state index is 0.188. The Kier molecular flexibility index (Phi) is 8.15. The number of aryl methyl sites for hydroxylation is 3. The van der Waals surface area contributed by atoms with Crippen LogP contribution in [0.1, 0.15) is 47.2 Å². The van der Waals surface area contributed by atoms with Gasteiger partial charge in [-0.05, 0) is 39.8 Å². The third kappa shape index (κ3) is 5.55. The molecule has 204 valence electrons. The van der Waals surface area contributed by atoms with E-state index in [2.05, 4.69) is 25.2 Å². The zero-order chi connectivity index (χ0) is 28.3. The lowest BCUT2D eigenvalue weighted by atomic mass is 10.1. The van der Waals surface area contributed by atoms with Crippen molar-refractivity contribution in [2.45, 2.75) is 40.8 Å². The van der Waals surface area contributed by atoms with Gasteiger partial charge in [0.2, 0.25) is 16.8 Å². The average Bonchev–Trinajstić information content (AvgIpc) is 2.93. The Bertz CT molecular complexity index is 1690. The minimum Gasteiger partial charge on any atom is -0.477 e. The largest absolute Gasteiger partial charge is 0.477 e. The number of nitrogens with zero attached hydrogens (tertiary/aromatic N) is 6. The first-order chi connectivity index (χ1) is 18.7. The first-order valence-electron chi connectivity index (χ1n) is 12.8. The molecule has 0 amide bonds. The lowest BCUT2D eigenvalue weighted by Crippen LogP contribution is -2.44. The molecular weight excluding hydrogens is 502 g/mol. The molecular formula is C27H31N7O5. The molecule has 1 aliphatic heterocycles. The maximum atomic E-state index is 12.4. The van der Waals surface area contributed by atoms with Crippen molar-refractivity contribution in [1.29, 1.82) is 0 Å². The molecule has 1 fully saturated rings. The summed E-state index contributed by atoms with van der Waals surface area (Å²) >= 11 is 0. The Labute approximate surface area is 223 Å². The van der Waals surface area contributed by atoms with Crippen molar-refractivity contribution < 1.29 is 14.7 Å². The van der Waals surface area contributed by atoms with E-state index in [4.69, 9.17) is 5.11 Å². The number of hydrogen-bond acceptors (Lipinski definition) is 9. The van der Waals surface area contributed by atoms with Crippen molar-refractivity contribution in [2.75, 3.05) is 31.1 Å². The first-order valence-corrected chi connectivity index (χ1v) is 12.8. The van der Waals surface area contributed by atoms with E-state index in [1.807, 2.05) is 25.3 Å². The van der Waals surface area contributed by atoms with Crippen molar-refractivity contribution in [3.8, 4) is 0 Å². The van der Waals surface area contributed by atoms with E-state index in [1.165, 1.54) is 13.1 Å². The van der Waals surface area contributed by atoms with Crippen LogP contribution in [-0.2, 0) is 13.1 Å². The second-order valence-electron chi connectivity index (χ2n) is 9.15. The van der Waals surface area contributed by atoms with E-state index < -0.39 is 11.4 Å². The van der Waals surface area contributed by atoms with E-state index >= 15 is 0 Å². The van der Waals surface area contributed by atoms with E-state index in [9.17, 15) is 19.2 Å². The molecule has 1 saturated heterocycles.